The highest BCUT2D eigenvalue weighted by molar-refractivity contribution is 6.01. The molecule has 3 aromatic rings. The number of hydrogen-bond acceptors (Lipinski definition) is 4. The molecular weight excluding hydrogens is 324 g/mol. The first-order chi connectivity index (χ1) is 12.7. The monoisotopic (exact) mass is 346 g/mol. The molecule has 0 saturated carbocycles. The second-order valence-electron chi connectivity index (χ2n) is 5.95. The number of benzene rings is 3. The molecule has 26 heavy (non-hydrogen) atoms. The van der Waals surface area contributed by atoms with Gasteiger partial charge in [-0.05, 0) is 36.8 Å². The maximum Gasteiger partial charge on any atom is 0.128 e. The fourth-order valence-corrected chi connectivity index (χ4v) is 2.72. The lowest BCUT2D eigenvalue weighted by Crippen LogP contribution is -2.18. The van der Waals surface area contributed by atoms with Gasteiger partial charge in [-0.1, -0.05) is 48.5 Å². The van der Waals surface area contributed by atoms with Gasteiger partial charge in [0.15, 0.2) is 0 Å². The van der Waals surface area contributed by atoms with E-state index in [1.165, 1.54) is 0 Å². The molecule has 0 spiro atoms. The molecule has 0 aromatic heterocycles. The molecular formula is C22H22N2O2. The normalized spacial score (nSPS) is 11.2. The summed E-state index contributed by atoms with van der Waals surface area (Å²) >= 11 is 0. The Morgan fingerprint density at radius 2 is 1.62 bits per heavy atom. The van der Waals surface area contributed by atoms with Crippen LogP contribution < -0.4 is 9.75 Å². The quantitative estimate of drug-likeness (QED) is 0.513. The predicted molar refractivity (Wildman–Crippen MR) is 106 cm³/mol. The molecule has 1 N–H and O–H groups in total. The number of hydrazone groups is 1. The lowest BCUT2D eigenvalue weighted by atomic mass is 10.1. The lowest BCUT2D eigenvalue weighted by Gasteiger charge is -2.21. The minimum absolute atomic E-state index is 0.151. The molecule has 0 fully saturated rings. The van der Waals surface area contributed by atoms with Crippen LogP contribution in [0.2, 0.25) is 0 Å². The largest absolute Gasteiger partial charge is 0.507 e. The minimum atomic E-state index is 0.151. The fourth-order valence-electron chi connectivity index (χ4n) is 2.72. The van der Waals surface area contributed by atoms with E-state index in [1.54, 1.807) is 13.2 Å². The van der Waals surface area contributed by atoms with Gasteiger partial charge in [0.05, 0.1) is 25.1 Å². The van der Waals surface area contributed by atoms with Crippen LogP contribution in [-0.4, -0.2) is 17.9 Å². The van der Waals surface area contributed by atoms with E-state index in [0.717, 1.165) is 17.0 Å². The molecule has 4 heteroatoms. The lowest BCUT2D eigenvalue weighted by molar-refractivity contribution is 0.407. The molecule has 4 nitrogen and oxygen atoms in total. The maximum atomic E-state index is 10.3. The number of phenols is 1. The Morgan fingerprint density at radius 3 is 2.23 bits per heavy atom. The van der Waals surface area contributed by atoms with Crippen molar-refractivity contribution < 1.29 is 9.84 Å². The highest BCUT2D eigenvalue weighted by atomic mass is 16.5. The third kappa shape index (κ3) is 4.22. The van der Waals surface area contributed by atoms with Crippen LogP contribution in [0, 0.1) is 0 Å². The molecule has 0 heterocycles. The maximum absolute atomic E-state index is 10.3. The van der Waals surface area contributed by atoms with Crippen LogP contribution >= 0.6 is 0 Å². The fraction of sp³-hybridized carbons (Fsp3) is 0.136. The van der Waals surface area contributed by atoms with Gasteiger partial charge < -0.3 is 9.84 Å². The van der Waals surface area contributed by atoms with Crippen molar-refractivity contribution in [3.8, 4) is 11.5 Å². The first kappa shape index (κ1) is 17.5. The van der Waals surface area contributed by atoms with Gasteiger partial charge in [-0.15, -0.1) is 0 Å². The van der Waals surface area contributed by atoms with Gasteiger partial charge >= 0.3 is 0 Å². The number of para-hydroxylation sites is 1. The number of ether oxygens (including phenoxy) is 1. The van der Waals surface area contributed by atoms with Gasteiger partial charge in [-0.3, -0.25) is 5.01 Å². The summed E-state index contributed by atoms with van der Waals surface area (Å²) < 4.78 is 5.15. The van der Waals surface area contributed by atoms with Crippen LogP contribution in [-0.2, 0) is 6.54 Å². The van der Waals surface area contributed by atoms with Crippen molar-refractivity contribution in [2.75, 3.05) is 12.1 Å². The van der Waals surface area contributed by atoms with E-state index in [2.05, 4.69) is 12.1 Å². The second kappa shape index (κ2) is 8.21. The van der Waals surface area contributed by atoms with Crippen LogP contribution in [0.1, 0.15) is 18.1 Å². The summed E-state index contributed by atoms with van der Waals surface area (Å²) in [6.07, 6.45) is 0. The Hall–Kier alpha value is -3.27. The van der Waals surface area contributed by atoms with Crippen molar-refractivity contribution >= 4 is 11.4 Å². The molecule has 3 rings (SSSR count). The zero-order valence-corrected chi connectivity index (χ0v) is 15.0. The van der Waals surface area contributed by atoms with E-state index in [9.17, 15) is 5.11 Å². The van der Waals surface area contributed by atoms with Crippen LogP contribution in [0.25, 0.3) is 0 Å². The topological polar surface area (TPSA) is 45.1 Å². The Labute approximate surface area is 154 Å². The molecule has 0 atom stereocenters. The Kier molecular flexibility index (Phi) is 5.54. The highest BCUT2D eigenvalue weighted by Crippen LogP contribution is 2.25. The average molecular weight is 346 g/mol. The van der Waals surface area contributed by atoms with Gasteiger partial charge in [0, 0.05) is 11.6 Å². The molecule has 3 aromatic carbocycles. The van der Waals surface area contributed by atoms with E-state index in [0.29, 0.717) is 17.9 Å². The summed E-state index contributed by atoms with van der Waals surface area (Å²) in [6, 6.07) is 25.4. The van der Waals surface area contributed by atoms with Gasteiger partial charge in [0.2, 0.25) is 0 Å². The number of aromatic hydroxyl groups is 1. The van der Waals surface area contributed by atoms with E-state index in [-0.39, 0.29) is 5.75 Å². The molecule has 0 radical (unpaired) electrons. The first-order valence-electron chi connectivity index (χ1n) is 8.46. The standard InChI is InChI=1S/C22H22N2O2/c1-17(21-14-13-20(26-2)15-22(21)25)23-24(19-11-7-4-8-12-19)16-18-9-5-3-6-10-18/h3-15,25H,16H2,1-2H3/b23-17+. The number of phenolic OH excluding ortho intramolecular Hbond substituents is 1. The molecule has 0 bridgehead atoms. The van der Waals surface area contributed by atoms with E-state index >= 15 is 0 Å². The van der Waals surface area contributed by atoms with Gasteiger partial charge in [-0.25, -0.2) is 0 Å². The number of anilines is 1. The molecule has 0 aliphatic heterocycles. The van der Waals surface area contributed by atoms with Crippen molar-refractivity contribution in [2.45, 2.75) is 13.5 Å². The summed E-state index contributed by atoms with van der Waals surface area (Å²) in [6.45, 7) is 2.53. The number of rotatable bonds is 6. The zero-order chi connectivity index (χ0) is 18.4. The van der Waals surface area contributed by atoms with Gasteiger partial charge in [0.25, 0.3) is 0 Å². The summed E-state index contributed by atoms with van der Waals surface area (Å²) in [7, 11) is 1.58. The minimum Gasteiger partial charge on any atom is -0.507 e. The first-order valence-corrected chi connectivity index (χ1v) is 8.46. The highest BCUT2D eigenvalue weighted by Gasteiger charge is 2.11. The molecule has 0 aliphatic rings. The number of methoxy groups -OCH3 is 1. The molecule has 0 saturated heterocycles. The van der Waals surface area contributed by atoms with Gasteiger partial charge in [0.1, 0.15) is 11.5 Å². The van der Waals surface area contributed by atoms with Crippen LogP contribution in [0.4, 0.5) is 5.69 Å². The van der Waals surface area contributed by atoms with E-state index in [1.807, 2.05) is 72.6 Å². The molecule has 0 amide bonds. The Bertz CT molecular complexity index is 877. The summed E-state index contributed by atoms with van der Waals surface area (Å²) in [5.74, 6) is 0.765. The van der Waals surface area contributed by atoms with Crippen LogP contribution in [0.3, 0.4) is 0 Å². The van der Waals surface area contributed by atoms with Crippen molar-refractivity contribution in [1.82, 2.24) is 0 Å². The predicted octanol–water partition coefficient (Wildman–Crippen LogP) is 4.83. The van der Waals surface area contributed by atoms with Crippen molar-refractivity contribution in [1.29, 1.82) is 0 Å². The van der Waals surface area contributed by atoms with Gasteiger partial charge in [-0.2, -0.15) is 5.10 Å². The number of nitrogens with zero attached hydrogens (tertiary/aromatic N) is 2. The van der Waals surface area contributed by atoms with Crippen molar-refractivity contribution in [2.24, 2.45) is 5.10 Å². The smallest absolute Gasteiger partial charge is 0.128 e. The Morgan fingerprint density at radius 1 is 0.962 bits per heavy atom. The van der Waals surface area contributed by atoms with Crippen LogP contribution in [0.15, 0.2) is 84.0 Å². The SMILES string of the molecule is COc1ccc(/C(C)=N/N(Cc2ccccc2)c2ccccc2)c(O)c1. The second-order valence-corrected chi connectivity index (χ2v) is 5.95. The molecule has 0 unspecified atom stereocenters. The average Bonchev–Trinajstić information content (AvgIpc) is 2.68. The summed E-state index contributed by atoms with van der Waals surface area (Å²) in [5, 5.41) is 17.0. The molecule has 132 valence electrons. The van der Waals surface area contributed by atoms with Crippen molar-refractivity contribution in [3.63, 3.8) is 0 Å². The summed E-state index contributed by atoms with van der Waals surface area (Å²) in [4.78, 5) is 0. The third-order valence-corrected chi connectivity index (χ3v) is 4.09. The molecule has 0 aliphatic carbocycles. The van der Waals surface area contributed by atoms with E-state index < -0.39 is 0 Å². The zero-order valence-electron chi connectivity index (χ0n) is 15.0. The van der Waals surface area contributed by atoms with E-state index in [4.69, 9.17) is 9.84 Å². The van der Waals surface area contributed by atoms with Crippen molar-refractivity contribution in [3.05, 3.63) is 90.0 Å². The third-order valence-electron chi connectivity index (χ3n) is 4.09. The summed E-state index contributed by atoms with van der Waals surface area (Å²) in [5.41, 5.74) is 3.56. The van der Waals surface area contributed by atoms with Crippen LogP contribution in [0.5, 0.6) is 11.5 Å². The number of hydrogen-bond donors (Lipinski definition) is 1. The Balaban J connectivity index is 1.95.